The first-order valence-corrected chi connectivity index (χ1v) is 7.15. The Hall–Kier alpha value is -1.98. The molecule has 0 spiro atoms. The minimum Gasteiger partial charge on any atom is -0.258 e. The Morgan fingerprint density at radius 2 is 2.15 bits per heavy atom. The van der Waals surface area contributed by atoms with Gasteiger partial charge in [-0.15, -0.1) is 12.3 Å². The highest BCUT2D eigenvalue weighted by molar-refractivity contribution is 7.89. The molecule has 0 aromatic heterocycles. The van der Waals surface area contributed by atoms with Crippen LogP contribution in [0.4, 0.5) is 10.1 Å². The molecule has 20 heavy (non-hydrogen) atoms. The van der Waals surface area contributed by atoms with E-state index in [-0.39, 0.29) is 17.0 Å². The number of nitrogens with one attached hydrogen (secondary N) is 1. The number of hydrogen-bond donors (Lipinski definition) is 1. The lowest BCUT2D eigenvalue weighted by Crippen LogP contribution is -2.25. The van der Waals surface area contributed by atoms with Gasteiger partial charge >= 0.3 is 5.69 Å². The highest BCUT2D eigenvalue weighted by Crippen LogP contribution is 2.24. The first kappa shape index (κ1) is 16.1. The van der Waals surface area contributed by atoms with Gasteiger partial charge in [0.05, 0.1) is 9.82 Å². The van der Waals surface area contributed by atoms with E-state index < -0.39 is 26.5 Å². The molecule has 0 atom stereocenters. The zero-order valence-electron chi connectivity index (χ0n) is 10.7. The SMILES string of the molecule is C#CCCCNS(=O)(=O)c1cc(C)c(F)c([N+](=O)[O-])c1. The van der Waals surface area contributed by atoms with Crippen molar-refractivity contribution in [2.45, 2.75) is 24.7 Å². The zero-order chi connectivity index (χ0) is 15.3. The summed E-state index contributed by atoms with van der Waals surface area (Å²) in [5.74, 6) is 1.32. The van der Waals surface area contributed by atoms with Gasteiger partial charge in [-0.05, 0) is 25.0 Å². The minimum absolute atomic E-state index is 0.108. The van der Waals surface area contributed by atoms with Crippen molar-refractivity contribution >= 4 is 15.7 Å². The molecule has 0 heterocycles. The van der Waals surface area contributed by atoms with Gasteiger partial charge in [0.2, 0.25) is 15.8 Å². The number of hydrogen-bond acceptors (Lipinski definition) is 4. The molecule has 1 aromatic rings. The summed E-state index contributed by atoms with van der Waals surface area (Å²) in [6, 6.07) is 1.75. The van der Waals surface area contributed by atoms with Crippen LogP contribution in [0.3, 0.4) is 0 Å². The van der Waals surface area contributed by atoms with Crippen LogP contribution in [0.15, 0.2) is 17.0 Å². The molecule has 0 unspecified atom stereocenters. The van der Waals surface area contributed by atoms with Crippen molar-refractivity contribution in [1.82, 2.24) is 4.72 Å². The van der Waals surface area contributed by atoms with Gasteiger partial charge in [0.1, 0.15) is 0 Å². The number of nitrogens with zero attached hydrogens (tertiary/aromatic N) is 1. The van der Waals surface area contributed by atoms with E-state index in [1.807, 2.05) is 0 Å². The summed E-state index contributed by atoms with van der Waals surface area (Å²) in [5.41, 5.74) is -0.975. The molecule has 0 aliphatic carbocycles. The Morgan fingerprint density at radius 3 is 2.70 bits per heavy atom. The number of unbranched alkanes of at least 4 members (excludes halogenated alkanes) is 1. The Morgan fingerprint density at radius 1 is 1.50 bits per heavy atom. The summed E-state index contributed by atoms with van der Waals surface area (Å²) in [6.07, 6.45) is 5.89. The van der Waals surface area contributed by atoms with E-state index in [0.717, 1.165) is 6.07 Å². The number of nitro benzene ring substituents is 1. The quantitative estimate of drug-likeness (QED) is 0.375. The molecular weight excluding hydrogens is 287 g/mol. The van der Waals surface area contributed by atoms with Gasteiger partial charge in [0.15, 0.2) is 0 Å². The molecule has 1 N–H and O–H groups in total. The van der Waals surface area contributed by atoms with Crippen molar-refractivity contribution in [3.8, 4) is 12.3 Å². The zero-order valence-corrected chi connectivity index (χ0v) is 11.5. The van der Waals surface area contributed by atoms with Crippen molar-refractivity contribution in [2.24, 2.45) is 0 Å². The fraction of sp³-hybridized carbons (Fsp3) is 0.333. The summed E-state index contributed by atoms with van der Waals surface area (Å²) < 4.78 is 39.6. The second kappa shape index (κ2) is 6.45. The second-order valence-corrected chi connectivity index (χ2v) is 5.80. The molecule has 0 amide bonds. The molecule has 0 aliphatic rings. The molecule has 0 bridgehead atoms. The topological polar surface area (TPSA) is 89.3 Å². The summed E-state index contributed by atoms with van der Waals surface area (Å²) in [4.78, 5) is 9.38. The average Bonchev–Trinajstić information content (AvgIpc) is 2.37. The average molecular weight is 300 g/mol. The normalized spacial score (nSPS) is 11.1. The maximum absolute atomic E-state index is 13.5. The summed E-state index contributed by atoms with van der Waals surface area (Å²) in [5, 5.41) is 10.7. The fourth-order valence-electron chi connectivity index (χ4n) is 1.49. The number of sulfonamides is 1. The lowest BCUT2D eigenvalue weighted by molar-refractivity contribution is -0.387. The molecule has 6 nitrogen and oxygen atoms in total. The summed E-state index contributed by atoms with van der Waals surface area (Å²) >= 11 is 0. The standard InChI is InChI=1S/C12H13FN2O4S/c1-3-4-5-6-14-20(18,19)10-7-9(2)12(13)11(8-10)15(16)17/h1,7-8,14H,4-6H2,2H3. The predicted molar refractivity (Wildman–Crippen MR) is 71.0 cm³/mol. The van der Waals surface area contributed by atoms with E-state index in [0.29, 0.717) is 18.9 Å². The molecule has 8 heteroatoms. The number of rotatable bonds is 6. The molecule has 0 radical (unpaired) electrons. The first-order chi connectivity index (χ1) is 9.29. The Bertz CT molecular complexity index is 665. The van der Waals surface area contributed by atoms with Crippen molar-refractivity contribution in [1.29, 1.82) is 0 Å². The van der Waals surface area contributed by atoms with Crippen molar-refractivity contribution in [3.05, 3.63) is 33.6 Å². The Labute approximate surface area is 116 Å². The van der Waals surface area contributed by atoms with Crippen molar-refractivity contribution in [2.75, 3.05) is 6.54 Å². The Balaban J connectivity index is 3.07. The van der Waals surface area contributed by atoms with Gasteiger partial charge in [-0.3, -0.25) is 10.1 Å². The van der Waals surface area contributed by atoms with Crippen molar-refractivity contribution < 1.29 is 17.7 Å². The van der Waals surface area contributed by atoms with Crippen LogP contribution in [-0.4, -0.2) is 19.9 Å². The maximum Gasteiger partial charge on any atom is 0.306 e. The van der Waals surface area contributed by atoms with Crippen LogP contribution >= 0.6 is 0 Å². The van der Waals surface area contributed by atoms with E-state index in [9.17, 15) is 22.9 Å². The maximum atomic E-state index is 13.5. The second-order valence-electron chi connectivity index (χ2n) is 4.04. The van der Waals surface area contributed by atoms with Gasteiger partial charge < -0.3 is 0 Å². The minimum atomic E-state index is -3.93. The van der Waals surface area contributed by atoms with Crippen LogP contribution in [-0.2, 0) is 10.0 Å². The van der Waals surface area contributed by atoms with E-state index in [2.05, 4.69) is 10.6 Å². The van der Waals surface area contributed by atoms with E-state index >= 15 is 0 Å². The Kier molecular flexibility index (Phi) is 5.19. The van der Waals surface area contributed by atoms with Gasteiger partial charge in [0.25, 0.3) is 0 Å². The lowest BCUT2D eigenvalue weighted by Gasteiger charge is -2.07. The number of halogens is 1. The van der Waals surface area contributed by atoms with Gasteiger partial charge in [-0.2, -0.15) is 4.39 Å². The van der Waals surface area contributed by atoms with Crippen LogP contribution in [0.2, 0.25) is 0 Å². The predicted octanol–water partition coefficient (Wildman–Crippen LogP) is 1.73. The number of benzene rings is 1. The fourth-order valence-corrected chi connectivity index (χ4v) is 2.67. The molecule has 0 saturated heterocycles. The van der Waals surface area contributed by atoms with Crippen LogP contribution in [0.25, 0.3) is 0 Å². The molecule has 1 rings (SSSR count). The van der Waals surface area contributed by atoms with Crippen LogP contribution in [0, 0.1) is 35.2 Å². The molecule has 1 aromatic carbocycles. The van der Waals surface area contributed by atoms with Crippen LogP contribution in [0.1, 0.15) is 18.4 Å². The highest BCUT2D eigenvalue weighted by atomic mass is 32.2. The van der Waals surface area contributed by atoms with Gasteiger partial charge in [-0.25, -0.2) is 13.1 Å². The molecule has 0 fully saturated rings. The number of terminal acetylenes is 1. The van der Waals surface area contributed by atoms with Crippen LogP contribution < -0.4 is 4.72 Å². The van der Waals surface area contributed by atoms with E-state index in [1.54, 1.807) is 0 Å². The van der Waals surface area contributed by atoms with E-state index in [1.165, 1.54) is 6.92 Å². The monoisotopic (exact) mass is 300 g/mol. The van der Waals surface area contributed by atoms with Crippen LogP contribution in [0.5, 0.6) is 0 Å². The van der Waals surface area contributed by atoms with Gasteiger partial charge in [0, 0.05) is 19.0 Å². The first-order valence-electron chi connectivity index (χ1n) is 5.67. The molecule has 108 valence electrons. The molecule has 0 saturated carbocycles. The number of aryl methyl sites for hydroxylation is 1. The third kappa shape index (κ3) is 3.76. The van der Waals surface area contributed by atoms with Gasteiger partial charge in [-0.1, -0.05) is 0 Å². The molecule has 0 aliphatic heterocycles. The van der Waals surface area contributed by atoms with E-state index in [4.69, 9.17) is 6.42 Å². The summed E-state index contributed by atoms with van der Waals surface area (Å²) in [6.45, 7) is 1.37. The lowest BCUT2D eigenvalue weighted by atomic mass is 10.2. The molecular formula is C12H13FN2O4S. The third-order valence-electron chi connectivity index (χ3n) is 2.51. The van der Waals surface area contributed by atoms with Crippen molar-refractivity contribution in [3.63, 3.8) is 0 Å². The smallest absolute Gasteiger partial charge is 0.258 e. The summed E-state index contributed by atoms with van der Waals surface area (Å²) in [7, 11) is -3.93. The highest BCUT2D eigenvalue weighted by Gasteiger charge is 2.23. The number of nitro groups is 1. The third-order valence-corrected chi connectivity index (χ3v) is 3.95. The largest absolute Gasteiger partial charge is 0.306 e.